The number of rotatable bonds is 5. The number of nitrogens with one attached hydrogen (secondary N) is 1. The van der Waals surface area contributed by atoms with Gasteiger partial charge < -0.3 is 9.15 Å². The van der Waals surface area contributed by atoms with Gasteiger partial charge in [-0.1, -0.05) is 6.92 Å². The maximum absolute atomic E-state index is 8.69. The highest BCUT2D eigenvalue weighted by Crippen LogP contribution is 2.30. The summed E-state index contributed by atoms with van der Waals surface area (Å²) in [7, 11) is 1.50. The van der Waals surface area contributed by atoms with Crippen molar-refractivity contribution < 1.29 is 9.15 Å². The van der Waals surface area contributed by atoms with E-state index in [9.17, 15) is 0 Å². The second kappa shape index (κ2) is 6.86. The quantitative estimate of drug-likeness (QED) is 0.662. The van der Waals surface area contributed by atoms with Crippen LogP contribution < -0.4 is 10.2 Å². The van der Waals surface area contributed by atoms with E-state index in [0.717, 1.165) is 0 Å². The lowest BCUT2D eigenvalue weighted by Crippen LogP contribution is -1.99. The van der Waals surface area contributed by atoms with Crippen molar-refractivity contribution >= 4 is 11.4 Å². The monoisotopic (exact) mass is 296 g/mol. The molecule has 110 valence electrons. The number of nitriles is 2. The van der Waals surface area contributed by atoms with Gasteiger partial charge in [-0.05, 0) is 18.2 Å². The fourth-order valence-electron chi connectivity index (χ4n) is 1.63. The van der Waals surface area contributed by atoms with Crippen molar-refractivity contribution in [3.8, 4) is 29.3 Å². The van der Waals surface area contributed by atoms with Gasteiger partial charge in [0.2, 0.25) is 17.5 Å². The summed E-state index contributed by atoms with van der Waals surface area (Å²) in [5.41, 5.74) is 3.47. The fourth-order valence-corrected chi connectivity index (χ4v) is 1.63. The second-order valence-electron chi connectivity index (χ2n) is 4.07. The summed E-state index contributed by atoms with van der Waals surface area (Å²) in [5, 5.41) is 28.9. The molecule has 0 saturated carbocycles. The molecule has 0 unspecified atom stereocenters. The van der Waals surface area contributed by atoms with Crippen molar-refractivity contribution in [2.24, 2.45) is 5.10 Å². The van der Waals surface area contributed by atoms with Crippen molar-refractivity contribution in [3.05, 3.63) is 24.1 Å². The number of aromatic nitrogens is 2. The van der Waals surface area contributed by atoms with Gasteiger partial charge in [-0.25, -0.2) is 0 Å². The SMILES string of the molecule is CCc1nnc(-c2ccc(OC)c(NN=C(C#N)C#N)c2)o1. The van der Waals surface area contributed by atoms with E-state index in [1.54, 1.807) is 30.3 Å². The lowest BCUT2D eigenvalue weighted by molar-refractivity contribution is 0.416. The standard InChI is InChI=1S/C14H12N6O2/c1-3-13-19-20-14(22-13)9-4-5-12(21-2)11(6-9)18-17-10(7-15)8-16/h4-6,18H,3H2,1-2H3. The van der Waals surface area contributed by atoms with E-state index in [4.69, 9.17) is 19.7 Å². The molecule has 0 aliphatic heterocycles. The summed E-state index contributed by atoms with van der Waals surface area (Å²) < 4.78 is 10.7. The topological polar surface area (TPSA) is 120 Å². The molecule has 22 heavy (non-hydrogen) atoms. The number of hydrogen-bond donors (Lipinski definition) is 1. The number of benzene rings is 1. The Balaban J connectivity index is 2.36. The Labute approximate surface area is 126 Å². The number of aryl methyl sites for hydroxylation is 1. The predicted octanol–water partition coefficient (Wildman–Crippen LogP) is 2.12. The van der Waals surface area contributed by atoms with Crippen molar-refractivity contribution in [1.29, 1.82) is 10.5 Å². The molecular weight excluding hydrogens is 284 g/mol. The Bertz CT molecular complexity index is 765. The van der Waals surface area contributed by atoms with E-state index in [1.165, 1.54) is 7.11 Å². The molecule has 0 radical (unpaired) electrons. The summed E-state index contributed by atoms with van der Waals surface area (Å²) in [6, 6.07) is 8.46. The third-order valence-electron chi connectivity index (χ3n) is 2.72. The molecular formula is C14H12N6O2. The molecule has 0 spiro atoms. The highest BCUT2D eigenvalue weighted by atomic mass is 16.5. The highest BCUT2D eigenvalue weighted by molar-refractivity contribution is 6.10. The Morgan fingerprint density at radius 1 is 1.36 bits per heavy atom. The van der Waals surface area contributed by atoms with Crippen molar-refractivity contribution in [2.75, 3.05) is 12.5 Å². The van der Waals surface area contributed by atoms with Crippen LogP contribution in [-0.4, -0.2) is 23.0 Å². The summed E-state index contributed by atoms with van der Waals surface area (Å²) in [6.45, 7) is 1.92. The smallest absolute Gasteiger partial charge is 0.247 e. The van der Waals surface area contributed by atoms with Gasteiger partial charge in [0.1, 0.15) is 17.9 Å². The molecule has 2 aromatic rings. The molecule has 0 atom stereocenters. The van der Waals surface area contributed by atoms with Crippen LogP contribution in [0.15, 0.2) is 27.7 Å². The van der Waals surface area contributed by atoms with Crippen LogP contribution in [0.1, 0.15) is 12.8 Å². The molecule has 0 fully saturated rings. The molecule has 2 rings (SSSR count). The van der Waals surface area contributed by atoms with Gasteiger partial charge in [-0.15, -0.1) is 10.2 Å². The molecule has 8 nitrogen and oxygen atoms in total. The lowest BCUT2D eigenvalue weighted by atomic mass is 10.2. The minimum atomic E-state index is -0.293. The fraction of sp³-hybridized carbons (Fsp3) is 0.214. The van der Waals surface area contributed by atoms with Crippen molar-refractivity contribution in [3.63, 3.8) is 0 Å². The second-order valence-corrected chi connectivity index (χ2v) is 4.07. The van der Waals surface area contributed by atoms with Crippen molar-refractivity contribution in [1.82, 2.24) is 10.2 Å². The summed E-state index contributed by atoms with van der Waals surface area (Å²) in [6.07, 6.45) is 0.645. The van der Waals surface area contributed by atoms with E-state index in [1.807, 2.05) is 6.92 Å². The number of methoxy groups -OCH3 is 1. The molecule has 0 bridgehead atoms. The Hall–Kier alpha value is -3.39. The molecule has 1 heterocycles. The molecule has 1 aromatic heterocycles. The minimum absolute atomic E-state index is 0.293. The van der Waals surface area contributed by atoms with E-state index in [2.05, 4.69) is 20.7 Å². The number of anilines is 1. The summed E-state index contributed by atoms with van der Waals surface area (Å²) >= 11 is 0. The predicted molar refractivity (Wildman–Crippen MR) is 77.9 cm³/mol. The van der Waals surface area contributed by atoms with Crippen LogP contribution >= 0.6 is 0 Å². The average Bonchev–Trinajstić information content (AvgIpc) is 3.04. The lowest BCUT2D eigenvalue weighted by Gasteiger charge is -2.08. The maximum atomic E-state index is 8.69. The first-order chi connectivity index (χ1) is 10.7. The molecule has 1 N–H and O–H groups in total. The van der Waals surface area contributed by atoms with Gasteiger partial charge in [0, 0.05) is 12.0 Å². The number of nitrogens with zero attached hydrogens (tertiary/aromatic N) is 5. The Kier molecular flexibility index (Phi) is 4.68. The Morgan fingerprint density at radius 3 is 2.73 bits per heavy atom. The van der Waals surface area contributed by atoms with Crippen LogP contribution in [0.25, 0.3) is 11.5 Å². The number of hydrogen-bond acceptors (Lipinski definition) is 8. The molecule has 1 aromatic carbocycles. The van der Waals surface area contributed by atoms with E-state index < -0.39 is 0 Å². The van der Waals surface area contributed by atoms with Gasteiger partial charge in [0.05, 0.1) is 12.8 Å². The molecule has 0 amide bonds. The zero-order valence-corrected chi connectivity index (χ0v) is 12.0. The normalized spacial score (nSPS) is 9.45. The zero-order chi connectivity index (χ0) is 15.9. The third-order valence-corrected chi connectivity index (χ3v) is 2.72. The van der Waals surface area contributed by atoms with Crippen molar-refractivity contribution in [2.45, 2.75) is 13.3 Å². The minimum Gasteiger partial charge on any atom is -0.495 e. The van der Waals surface area contributed by atoms with Gasteiger partial charge in [-0.3, -0.25) is 5.43 Å². The molecule has 0 saturated heterocycles. The molecule has 8 heteroatoms. The van der Waals surface area contributed by atoms with Crippen LogP contribution in [0.2, 0.25) is 0 Å². The van der Waals surface area contributed by atoms with E-state index in [0.29, 0.717) is 35.2 Å². The van der Waals surface area contributed by atoms with Crippen LogP contribution in [-0.2, 0) is 6.42 Å². The van der Waals surface area contributed by atoms with Crippen LogP contribution in [0.3, 0.4) is 0 Å². The first kappa shape index (κ1) is 15.0. The van der Waals surface area contributed by atoms with Crippen LogP contribution in [0.4, 0.5) is 5.69 Å². The highest BCUT2D eigenvalue weighted by Gasteiger charge is 2.11. The van der Waals surface area contributed by atoms with E-state index >= 15 is 0 Å². The number of ether oxygens (including phenoxy) is 1. The van der Waals surface area contributed by atoms with E-state index in [-0.39, 0.29) is 5.71 Å². The maximum Gasteiger partial charge on any atom is 0.247 e. The summed E-state index contributed by atoms with van der Waals surface area (Å²) in [5.74, 6) is 1.40. The van der Waals surface area contributed by atoms with Crippen LogP contribution in [0.5, 0.6) is 5.75 Å². The first-order valence-corrected chi connectivity index (χ1v) is 6.36. The van der Waals surface area contributed by atoms with Gasteiger partial charge in [0.15, 0.2) is 0 Å². The summed E-state index contributed by atoms with van der Waals surface area (Å²) in [4.78, 5) is 0. The average molecular weight is 296 g/mol. The zero-order valence-electron chi connectivity index (χ0n) is 12.0. The first-order valence-electron chi connectivity index (χ1n) is 6.36. The molecule has 0 aliphatic rings. The largest absolute Gasteiger partial charge is 0.495 e. The Morgan fingerprint density at radius 2 is 2.14 bits per heavy atom. The number of hydrazone groups is 1. The van der Waals surface area contributed by atoms with Crippen LogP contribution in [0, 0.1) is 22.7 Å². The van der Waals surface area contributed by atoms with Gasteiger partial charge in [-0.2, -0.15) is 15.6 Å². The van der Waals surface area contributed by atoms with Gasteiger partial charge in [0.25, 0.3) is 0 Å². The molecule has 0 aliphatic carbocycles. The third kappa shape index (κ3) is 3.19. The van der Waals surface area contributed by atoms with Gasteiger partial charge >= 0.3 is 0 Å².